The maximum absolute atomic E-state index is 8.90. The molecule has 0 atom stereocenters. The van der Waals surface area contributed by atoms with Crippen LogP contribution in [0.3, 0.4) is 0 Å². The Kier molecular flexibility index (Phi) is 7.19. The third-order valence-corrected chi connectivity index (χ3v) is 1.56. The van der Waals surface area contributed by atoms with Gasteiger partial charge < -0.3 is 14.6 Å². The van der Waals surface area contributed by atoms with Gasteiger partial charge in [0, 0.05) is 11.8 Å². The Morgan fingerprint density at radius 1 is 1.17 bits per heavy atom. The first-order chi connectivity index (χ1) is 5.68. The fraction of sp³-hybridized carbons (Fsp3) is 1.00. The molecule has 0 spiro atoms. The van der Waals surface area contributed by atoms with E-state index in [1.54, 1.807) is 6.92 Å². The molecule has 0 aliphatic rings. The molecule has 0 bridgehead atoms. The molecule has 3 nitrogen and oxygen atoms in total. The Balaban J connectivity index is 3.70. The SMILES string of the molecule is CC(CO)(OCCCl)OCCCl. The van der Waals surface area contributed by atoms with Gasteiger partial charge in [-0.15, -0.1) is 23.2 Å². The van der Waals surface area contributed by atoms with E-state index in [1.165, 1.54) is 0 Å². The molecule has 0 amide bonds. The molecule has 5 heteroatoms. The quantitative estimate of drug-likeness (QED) is 0.514. The van der Waals surface area contributed by atoms with Gasteiger partial charge in [0.1, 0.15) is 0 Å². The van der Waals surface area contributed by atoms with Crippen LogP contribution < -0.4 is 0 Å². The van der Waals surface area contributed by atoms with Crippen molar-refractivity contribution in [1.29, 1.82) is 0 Å². The summed E-state index contributed by atoms with van der Waals surface area (Å²) in [5, 5.41) is 8.90. The van der Waals surface area contributed by atoms with E-state index in [9.17, 15) is 0 Å². The van der Waals surface area contributed by atoms with Crippen molar-refractivity contribution >= 4 is 23.2 Å². The van der Waals surface area contributed by atoms with Gasteiger partial charge in [0.15, 0.2) is 5.79 Å². The van der Waals surface area contributed by atoms with Crippen LogP contribution in [0.4, 0.5) is 0 Å². The second-order valence-corrected chi connectivity index (χ2v) is 3.12. The summed E-state index contributed by atoms with van der Waals surface area (Å²) in [5.41, 5.74) is 0. The van der Waals surface area contributed by atoms with Gasteiger partial charge in [-0.2, -0.15) is 0 Å². The van der Waals surface area contributed by atoms with Gasteiger partial charge in [-0.25, -0.2) is 0 Å². The molecule has 0 saturated heterocycles. The lowest BCUT2D eigenvalue weighted by Gasteiger charge is -2.27. The average molecular weight is 217 g/mol. The number of hydrogen-bond acceptors (Lipinski definition) is 3. The molecule has 74 valence electrons. The van der Waals surface area contributed by atoms with Crippen LogP contribution in [0.15, 0.2) is 0 Å². The lowest BCUT2D eigenvalue weighted by atomic mass is 10.3. The molecule has 0 rings (SSSR count). The predicted molar refractivity (Wildman–Crippen MR) is 48.8 cm³/mol. The normalized spacial score (nSPS) is 12.0. The molecular weight excluding hydrogens is 203 g/mol. The summed E-state index contributed by atoms with van der Waals surface area (Å²) in [4.78, 5) is 0. The lowest BCUT2D eigenvalue weighted by Crippen LogP contribution is -2.37. The van der Waals surface area contributed by atoms with Crippen molar-refractivity contribution < 1.29 is 14.6 Å². The number of halogens is 2. The zero-order valence-electron chi connectivity index (χ0n) is 7.06. The summed E-state index contributed by atoms with van der Waals surface area (Å²) in [5.74, 6) is -0.219. The number of hydrogen-bond donors (Lipinski definition) is 1. The van der Waals surface area contributed by atoms with E-state index in [2.05, 4.69) is 0 Å². The van der Waals surface area contributed by atoms with E-state index in [0.717, 1.165) is 0 Å². The van der Waals surface area contributed by atoms with Crippen LogP contribution in [0, 0.1) is 0 Å². The highest BCUT2D eigenvalue weighted by atomic mass is 35.5. The summed E-state index contributed by atoms with van der Waals surface area (Å²) in [6.07, 6.45) is 0. The van der Waals surface area contributed by atoms with Crippen LogP contribution in [0.5, 0.6) is 0 Å². The summed E-state index contributed by atoms with van der Waals surface area (Å²) < 4.78 is 10.3. The Morgan fingerprint density at radius 3 is 1.83 bits per heavy atom. The van der Waals surface area contributed by atoms with Crippen LogP contribution in [-0.2, 0) is 9.47 Å². The smallest absolute Gasteiger partial charge is 0.188 e. The van der Waals surface area contributed by atoms with Gasteiger partial charge in [0.25, 0.3) is 0 Å². The first-order valence-corrected chi connectivity index (χ1v) is 4.76. The molecular formula is C7H14Cl2O3. The van der Waals surface area contributed by atoms with E-state index in [-0.39, 0.29) is 6.61 Å². The summed E-state index contributed by atoms with van der Waals surface area (Å²) in [6.45, 7) is 2.13. The Bertz CT molecular complexity index is 103. The van der Waals surface area contributed by atoms with Crippen molar-refractivity contribution in [3.63, 3.8) is 0 Å². The Morgan fingerprint density at radius 2 is 1.58 bits per heavy atom. The summed E-state index contributed by atoms with van der Waals surface area (Å²) in [6, 6.07) is 0. The highest BCUT2D eigenvalue weighted by molar-refractivity contribution is 6.18. The van der Waals surface area contributed by atoms with E-state index in [4.69, 9.17) is 37.8 Å². The maximum Gasteiger partial charge on any atom is 0.188 e. The van der Waals surface area contributed by atoms with Crippen LogP contribution in [0.1, 0.15) is 6.92 Å². The minimum absolute atomic E-state index is 0.208. The van der Waals surface area contributed by atoms with Crippen molar-refractivity contribution in [3.8, 4) is 0 Å². The van der Waals surface area contributed by atoms with Crippen LogP contribution in [-0.4, -0.2) is 42.5 Å². The van der Waals surface area contributed by atoms with Gasteiger partial charge >= 0.3 is 0 Å². The molecule has 12 heavy (non-hydrogen) atoms. The standard InChI is InChI=1S/C7H14Cl2O3/c1-7(6-10,11-4-2-8)12-5-3-9/h10H,2-6H2,1H3. The fourth-order valence-corrected chi connectivity index (χ4v) is 0.796. The lowest BCUT2D eigenvalue weighted by molar-refractivity contribution is -0.237. The maximum atomic E-state index is 8.90. The van der Waals surface area contributed by atoms with Gasteiger partial charge in [-0.05, 0) is 6.92 Å². The molecule has 0 aromatic heterocycles. The van der Waals surface area contributed by atoms with Crippen LogP contribution in [0.2, 0.25) is 0 Å². The van der Waals surface area contributed by atoms with Gasteiger partial charge in [-0.1, -0.05) is 0 Å². The zero-order valence-corrected chi connectivity index (χ0v) is 8.57. The number of alkyl halides is 2. The number of aliphatic hydroxyl groups is 1. The van der Waals surface area contributed by atoms with Crippen molar-refractivity contribution in [2.24, 2.45) is 0 Å². The minimum Gasteiger partial charge on any atom is -0.391 e. The molecule has 1 N–H and O–H groups in total. The van der Waals surface area contributed by atoms with E-state index < -0.39 is 5.79 Å². The monoisotopic (exact) mass is 216 g/mol. The molecule has 0 fully saturated rings. The summed E-state index contributed by atoms with van der Waals surface area (Å²) >= 11 is 10.8. The second-order valence-electron chi connectivity index (χ2n) is 2.37. The Hall–Kier alpha value is 0.460. The van der Waals surface area contributed by atoms with Gasteiger partial charge in [-0.3, -0.25) is 0 Å². The molecule has 0 aromatic rings. The molecule has 0 unspecified atom stereocenters. The van der Waals surface area contributed by atoms with Crippen molar-refractivity contribution in [1.82, 2.24) is 0 Å². The van der Waals surface area contributed by atoms with Crippen molar-refractivity contribution in [3.05, 3.63) is 0 Å². The average Bonchev–Trinajstić information content (AvgIpc) is 2.11. The highest BCUT2D eigenvalue weighted by Gasteiger charge is 2.24. The molecule has 0 heterocycles. The van der Waals surface area contributed by atoms with E-state index >= 15 is 0 Å². The second kappa shape index (κ2) is 6.92. The van der Waals surface area contributed by atoms with E-state index in [0.29, 0.717) is 25.0 Å². The molecule has 0 saturated carbocycles. The van der Waals surface area contributed by atoms with Gasteiger partial charge in [0.05, 0.1) is 19.8 Å². The van der Waals surface area contributed by atoms with E-state index in [1.807, 2.05) is 0 Å². The van der Waals surface area contributed by atoms with Crippen molar-refractivity contribution in [2.75, 3.05) is 31.6 Å². The van der Waals surface area contributed by atoms with Crippen LogP contribution >= 0.6 is 23.2 Å². The predicted octanol–water partition coefficient (Wildman–Crippen LogP) is 1.21. The topological polar surface area (TPSA) is 38.7 Å². The summed E-state index contributed by atoms with van der Waals surface area (Å²) in [7, 11) is 0. The molecule has 0 aliphatic carbocycles. The molecule has 0 aromatic carbocycles. The first kappa shape index (κ1) is 12.5. The van der Waals surface area contributed by atoms with Crippen LogP contribution in [0.25, 0.3) is 0 Å². The largest absolute Gasteiger partial charge is 0.391 e. The highest BCUT2D eigenvalue weighted by Crippen LogP contribution is 2.11. The Labute approximate surface area is 82.6 Å². The van der Waals surface area contributed by atoms with Crippen molar-refractivity contribution in [2.45, 2.75) is 12.7 Å². The number of aliphatic hydroxyl groups excluding tert-OH is 1. The first-order valence-electron chi connectivity index (χ1n) is 3.69. The minimum atomic E-state index is -0.968. The fourth-order valence-electron chi connectivity index (χ4n) is 0.642. The number of ether oxygens (including phenoxy) is 2. The number of rotatable bonds is 7. The molecule has 0 radical (unpaired) electrons. The zero-order chi connectivity index (χ0) is 9.45. The third-order valence-electron chi connectivity index (χ3n) is 1.26. The molecule has 0 aliphatic heterocycles. The van der Waals surface area contributed by atoms with Gasteiger partial charge in [0.2, 0.25) is 0 Å². The third kappa shape index (κ3) is 5.17.